The fourth-order valence-corrected chi connectivity index (χ4v) is 8.86. The molecule has 0 radical (unpaired) electrons. The number of hydrogen-bond acceptors (Lipinski definition) is 7. The van der Waals surface area contributed by atoms with E-state index in [4.69, 9.17) is 4.74 Å². The third kappa shape index (κ3) is 4.85. The number of nitrogens with zero attached hydrogens (tertiary/aromatic N) is 2. The molecule has 1 spiro atoms. The normalized spacial score (nSPS) is 28.9. The van der Waals surface area contributed by atoms with Crippen LogP contribution in [0.3, 0.4) is 0 Å². The van der Waals surface area contributed by atoms with Crippen molar-refractivity contribution < 1.29 is 24.2 Å². The summed E-state index contributed by atoms with van der Waals surface area (Å²) in [6.45, 7) is 11.9. The highest BCUT2D eigenvalue weighted by Crippen LogP contribution is 2.66. The molecule has 37 heavy (non-hydrogen) atoms. The average molecular weight is 532 g/mol. The average Bonchev–Trinajstić information content (AvgIpc) is 3.51. The first-order valence-corrected chi connectivity index (χ1v) is 14.5. The van der Waals surface area contributed by atoms with E-state index in [0.717, 1.165) is 25.2 Å². The summed E-state index contributed by atoms with van der Waals surface area (Å²) in [5.41, 5.74) is 1.75. The number of ether oxygens (including phenoxy) is 1. The number of carbonyl (C=O) groups excluding carboxylic acids is 3. The minimum atomic E-state index is -0.766. The molecule has 0 aliphatic carbocycles. The van der Waals surface area contributed by atoms with E-state index in [1.165, 1.54) is 0 Å². The predicted molar refractivity (Wildman–Crippen MR) is 147 cm³/mol. The third-order valence-electron chi connectivity index (χ3n) is 8.16. The van der Waals surface area contributed by atoms with E-state index in [1.807, 2.05) is 38.1 Å². The summed E-state index contributed by atoms with van der Waals surface area (Å²) < 4.78 is 4.68. The molecule has 3 heterocycles. The van der Waals surface area contributed by atoms with Crippen LogP contribution in [-0.4, -0.2) is 76.2 Å². The van der Waals surface area contributed by atoms with Crippen LogP contribution in [0.25, 0.3) is 0 Å². The van der Waals surface area contributed by atoms with Crippen molar-refractivity contribution in [2.45, 2.75) is 76.0 Å². The minimum Gasteiger partial charge on any atom is -0.466 e. The molecule has 3 aliphatic heterocycles. The highest BCUT2D eigenvalue weighted by Gasteiger charge is 2.74. The van der Waals surface area contributed by atoms with Crippen LogP contribution in [-0.2, 0) is 19.1 Å². The number of hydrogen-bond donors (Lipinski definition) is 2. The quantitative estimate of drug-likeness (QED) is 0.422. The van der Waals surface area contributed by atoms with Crippen molar-refractivity contribution >= 4 is 40.9 Å². The van der Waals surface area contributed by atoms with Gasteiger partial charge in [0.05, 0.1) is 35.8 Å². The zero-order chi connectivity index (χ0) is 26.9. The smallest absolute Gasteiger partial charge is 0.310 e. The summed E-state index contributed by atoms with van der Waals surface area (Å²) >= 11 is 1.61. The molecule has 2 N–H and O–H groups in total. The van der Waals surface area contributed by atoms with Crippen LogP contribution in [0.15, 0.2) is 24.3 Å². The Balaban J connectivity index is 1.68. The van der Waals surface area contributed by atoms with Gasteiger partial charge in [0.15, 0.2) is 0 Å². The number of thioether (sulfide) groups is 1. The first-order valence-electron chi connectivity index (χ1n) is 13.7. The van der Waals surface area contributed by atoms with E-state index in [0.29, 0.717) is 18.5 Å². The lowest BCUT2D eigenvalue weighted by molar-refractivity contribution is -0.154. The van der Waals surface area contributed by atoms with Crippen LogP contribution >= 0.6 is 11.8 Å². The van der Waals surface area contributed by atoms with Crippen LogP contribution in [0.4, 0.5) is 11.4 Å². The molecule has 2 amide bonds. The van der Waals surface area contributed by atoms with E-state index in [1.54, 1.807) is 23.6 Å². The third-order valence-corrected chi connectivity index (χ3v) is 10.1. The van der Waals surface area contributed by atoms with Gasteiger partial charge in [0.2, 0.25) is 11.8 Å². The van der Waals surface area contributed by atoms with Gasteiger partial charge in [-0.15, -0.1) is 11.8 Å². The van der Waals surface area contributed by atoms with Crippen LogP contribution in [0, 0.1) is 17.8 Å². The van der Waals surface area contributed by atoms with Gasteiger partial charge in [0, 0.05) is 29.7 Å². The molecule has 6 atom stereocenters. The zero-order valence-corrected chi connectivity index (χ0v) is 23.4. The lowest BCUT2D eigenvalue weighted by Gasteiger charge is -2.37. The van der Waals surface area contributed by atoms with Gasteiger partial charge in [0.25, 0.3) is 0 Å². The molecular weight excluding hydrogens is 490 g/mol. The largest absolute Gasteiger partial charge is 0.466 e. The molecule has 1 aromatic carbocycles. The number of amides is 2. The SMILES string of the molecule is CCOC(=O)[C@@H]1[C@H]2C(=O)N([C@@H](CO)CC(C)C)C(C(=O)Nc3ccc(N(CC)CC)cc3)C23CC[C@H]1S3. The number of benzene rings is 1. The van der Waals surface area contributed by atoms with E-state index >= 15 is 0 Å². The van der Waals surface area contributed by atoms with Crippen LogP contribution in [0.2, 0.25) is 0 Å². The second-order valence-electron chi connectivity index (χ2n) is 10.7. The molecule has 0 saturated carbocycles. The number of aliphatic hydroxyl groups excluding tert-OH is 1. The highest BCUT2D eigenvalue weighted by molar-refractivity contribution is 8.02. The van der Waals surface area contributed by atoms with Crippen LogP contribution in [0.5, 0.6) is 0 Å². The maximum absolute atomic E-state index is 14.0. The van der Waals surface area contributed by atoms with E-state index in [-0.39, 0.29) is 42.2 Å². The Hall–Kier alpha value is -2.26. The fourth-order valence-electron chi connectivity index (χ4n) is 6.67. The first kappa shape index (κ1) is 27.8. The Labute approximate surface area is 224 Å². The topological polar surface area (TPSA) is 99.2 Å². The molecule has 3 aliphatic rings. The highest BCUT2D eigenvalue weighted by atomic mass is 32.2. The Morgan fingerprint density at radius 3 is 2.46 bits per heavy atom. The lowest BCUT2D eigenvalue weighted by atomic mass is 9.71. The first-order chi connectivity index (χ1) is 17.7. The second-order valence-corrected chi connectivity index (χ2v) is 12.3. The standard InChI is InChI=1S/C28H41N3O5S/c1-6-30(7-2)19-11-9-18(10-12-19)29-25(33)24-28-14-13-21(37-28)22(27(35)36-8-3)23(28)26(34)31(24)20(16-32)15-17(4)5/h9-12,17,20-24,32H,6-8,13-16H2,1-5H3,(H,29,33)/t20-,21-,22+,23+,24?,28?/m1/s1. The van der Waals surface area contributed by atoms with Crippen molar-refractivity contribution in [3.8, 4) is 0 Å². The number of rotatable bonds is 11. The Morgan fingerprint density at radius 2 is 1.89 bits per heavy atom. The molecule has 1 aromatic rings. The lowest BCUT2D eigenvalue weighted by Crippen LogP contribution is -2.55. The summed E-state index contributed by atoms with van der Waals surface area (Å²) in [4.78, 5) is 44.9. The zero-order valence-electron chi connectivity index (χ0n) is 22.6. The number of nitrogens with one attached hydrogen (secondary N) is 1. The van der Waals surface area contributed by atoms with E-state index in [9.17, 15) is 19.5 Å². The van der Waals surface area contributed by atoms with Gasteiger partial charge in [-0.1, -0.05) is 13.8 Å². The molecule has 0 aromatic heterocycles. The van der Waals surface area contributed by atoms with Gasteiger partial charge < -0.3 is 25.0 Å². The summed E-state index contributed by atoms with van der Waals surface area (Å²) in [5, 5.41) is 13.4. The number of likely N-dealkylation sites (tertiary alicyclic amines) is 1. The van der Waals surface area contributed by atoms with E-state index in [2.05, 4.69) is 24.1 Å². The monoisotopic (exact) mass is 531 g/mol. The summed E-state index contributed by atoms with van der Waals surface area (Å²) in [7, 11) is 0. The van der Waals surface area contributed by atoms with Gasteiger partial charge in [0.1, 0.15) is 6.04 Å². The number of anilines is 2. The van der Waals surface area contributed by atoms with Crippen molar-refractivity contribution in [2.75, 3.05) is 36.5 Å². The molecule has 4 rings (SSSR count). The number of aliphatic hydroxyl groups is 1. The van der Waals surface area contributed by atoms with Gasteiger partial charge in [-0.25, -0.2) is 0 Å². The molecule has 2 unspecified atom stereocenters. The summed E-state index contributed by atoms with van der Waals surface area (Å²) in [6.07, 6.45) is 2.03. The van der Waals surface area contributed by atoms with Crippen molar-refractivity contribution in [3.63, 3.8) is 0 Å². The molecular formula is C28H41N3O5S. The molecule has 3 fully saturated rings. The van der Waals surface area contributed by atoms with Crippen LogP contribution < -0.4 is 10.2 Å². The second kappa shape index (κ2) is 11.2. The van der Waals surface area contributed by atoms with Crippen molar-refractivity contribution in [3.05, 3.63) is 24.3 Å². The molecule has 8 nitrogen and oxygen atoms in total. The Kier molecular flexibility index (Phi) is 8.43. The number of carbonyl (C=O) groups is 3. The van der Waals surface area contributed by atoms with Crippen LogP contribution in [0.1, 0.15) is 53.9 Å². The Bertz CT molecular complexity index is 998. The van der Waals surface area contributed by atoms with Crippen molar-refractivity contribution in [1.82, 2.24) is 4.90 Å². The molecule has 3 saturated heterocycles. The van der Waals surface area contributed by atoms with Gasteiger partial charge in [-0.05, 0) is 70.2 Å². The van der Waals surface area contributed by atoms with Gasteiger partial charge >= 0.3 is 5.97 Å². The molecule has 9 heteroatoms. The predicted octanol–water partition coefficient (Wildman–Crippen LogP) is 3.53. The fraction of sp³-hybridized carbons (Fsp3) is 0.679. The maximum Gasteiger partial charge on any atom is 0.310 e. The van der Waals surface area contributed by atoms with Crippen molar-refractivity contribution in [2.24, 2.45) is 17.8 Å². The summed E-state index contributed by atoms with van der Waals surface area (Å²) in [6, 6.07) is 6.50. The molecule has 204 valence electrons. The summed E-state index contributed by atoms with van der Waals surface area (Å²) in [5.74, 6) is -1.76. The van der Waals surface area contributed by atoms with E-state index < -0.39 is 28.7 Å². The number of fused-ring (bicyclic) bond motifs is 1. The van der Waals surface area contributed by atoms with Gasteiger partial charge in [-0.2, -0.15) is 0 Å². The van der Waals surface area contributed by atoms with Gasteiger partial charge in [-0.3, -0.25) is 14.4 Å². The maximum atomic E-state index is 14.0. The molecule has 2 bridgehead atoms. The van der Waals surface area contributed by atoms with Crippen molar-refractivity contribution in [1.29, 1.82) is 0 Å². The minimum absolute atomic E-state index is 0.0310. The Morgan fingerprint density at radius 1 is 1.22 bits per heavy atom. The number of esters is 1.